The first-order chi connectivity index (χ1) is 10.8. The van der Waals surface area contributed by atoms with E-state index in [9.17, 15) is 9.59 Å². The Morgan fingerprint density at radius 3 is 2.39 bits per heavy atom. The van der Waals surface area contributed by atoms with Gasteiger partial charge >= 0.3 is 12.1 Å². The summed E-state index contributed by atoms with van der Waals surface area (Å²) in [5.41, 5.74) is 0.594. The van der Waals surface area contributed by atoms with Crippen LogP contribution < -0.4 is 5.32 Å². The Kier molecular flexibility index (Phi) is 7.59. The summed E-state index contributed by atoms with van der Waals surface area (Å²) in [4.78, 5) is 22.6. The molecule has 1 amide bonds. The first-order valence-corrected chi connectivity index (χ1v) is 8.01. The number of carboxylic acid groups (broad SMARTS) is 1. The molecule has 23 heavy (non-hydrogen) atoms. The molecule has 1 aromatic carbocycles. The van der Waals surface area contributed by atoms with E-state index < -0.39 is 17.7 Å². The largest absolute Gasteiger partial charge is 0.481 e. The molecule has 5 heteroatoms. The summed E-state index contributed by atoms with van der Waals surface area (Å²) < 4.78 is 5.31. The number of unbranched alkanes of at least 4 members (excludes halogenated alkanes) is 1. The van der Waals surface area contributed by atoms with Crippen molar-refractivity contribution in [1.82, 2.24) is 5.32 Å². The van der Waals surface area contributed by atoms with E-state index in [1.54, 1.807) is 0 Å². The highest BCUT2D eigenvalue weighted by atomic mass is 16.6. The Bertz CT molecular complexity index is 493. The molecular weight excluding hydrogens is 294 g/mol. The van der Waals surface area contributed by atoms with E-state index in [-0.39, 0.29) is 12.5 Å². The number of carbonyl (C=O) groups is 2. The van der Waals surface area contributed by atoms with E-state index in [1.165, 1.54) is 0 Å². The van der Waals surface area contributed by atoms with Gasteiger partial charge in [-0.25, -0.2) is 4.79 Å². The second-order valence-electron chi connectivity index (χ2n) is 6.67. The maximum atomic E-state index is 12.0. The molecule has 0 aliphatic carbocycles. The quantitative estimate of drug-likeness (QED) is 0.715. The minimum Gasteiger partial charge on any atom is -0.481 e. The second kappa shape index (κ2) is 9.18. The summed E-state index contributed by atoms with van der Waals surface area (Å²) >= 11 is 0. The van der Waals surface area contributed by atoms with Crippen LogP contribution >= 0.6 is 0 Å². The number of amides is 1. The van der Waals surface area contributed by atoms with Gasteiger partial charge in [0.25, 0.3) is 0 Å². The zero-order chi connectivity index (χ0) is 17.3. The Morgan fingerprint density at radius 1 is 1.17 bits per heavy atom. The van der Waals surface area contributed by atoms with Crippen molar-refractivity contribution in [2.45, 2.75) is 64.5 Å². The Hall–Kier alpha value is -2.04. The van der Waals surface area contributed by atoms with E-state index in [0.29, 0.717) is 12.8 Å². The minimum absolute atomic E-state index is 0.0685. The number of nitrogens with one attached hydrogen (secondary N) is 1. The number of carboxylic acids is 1. The number of hydrogen-bond acceptors (Lipinski definition) is 3. The lowest BCUT2D eigenvalue weighted by Gasteiger charge is -2.24. The molecule has 1 aromatic rings. The molecule has 0 aliphatic heterocycles. The summed E-state index contributed by atoms with van der Waals surface area (Å²) in [6, 6.07) is 9.84. The Labute approximate surface area is 138 Å². The summed E-state index contributed by atoms with van der Waals surface area (Å²) in [6.45, 7) is 5.48. The lowest BCUT2D eigenvalue weighted by molar-refractivity contribution is -0.137. The van der Waals surface area contributed by atoms with Crippen molar-refractivity contribution >= 4 is 12.1 Å². The number of rotatable bonds is 8. The summed E-state index contributed by atoms with van der Waals surface area (Å²) in [7, 11) is 0. The van der Waals surface area contributed by atoms with Crippen LogP contribution in [0.1, 0.15) is 52.0 Å². The summed E-state index contributed by atoms with van der Waals surface area (Å²) in [5.74, 6) is -0.787. The van der Waals surface area contributed by atoms with Crippen LogP contribution in [0.4, 0.5) is 4.79 Å². The average molecular weight is 321 g/mol. The maximum absolute atomic E-state index is 12.0. The molecule has 0 aromatic heterocycles. The van der Waals surface area contributed by atoms with Crippen LogP contribution in [-0.2, 0) is 16.0 Å². The summed E-state index contributed by atoms with van der Waals surface area (Å²) in [6.07, 6.45) is 2.51. The van der Waals surface area contributed by atoms with Gasteiger partial charge in [-0.15, -0.1) is 0 Å². The van der Waals surface area contributed by atoms with Crippen LogP contribution in [0.25, 0.3) is 0 Å². The highest BCUT2D eigenvalue weighted by Crippen LogP contribution is 2.12. The molecule has 0 spiro atoms. The fraction of sp³-hybridized carbons (Fsp3) is 0.556. The fourth-order valence-corrected chi connectivity index (χ4v) is 2.27. The van der Waals surface area contributed by atoms with Gasteiger partial charge in [-0.05, 0) is 45.6 Å². The van der Waals surface area contributed by atoms with Crippen LogP contribution in [0.2, 0.25) is 0 Å². The Balaban J connectivity index is 2.56. The van der Waals surface area contributed by atoms with Crippen LogP contribution in [0, 0.1) is 0 Å². The fourth-order valence-electron chi connectivity index (χ4n) is 2.27. The normalized spacial score (nSPS) is 12.5. The van der Waals surface area contributed by atoms with Gasteiger partial charge < -0.3 is 15.2 Å². The van der Waals surface area contributed by atoms with Crippen molar-refractivity contribution in [3.63, 3.8) is 0 Å². The highest BCUT2D eigenvalue weighted by molar-refractivity contribution is 5.68. The van der Waals surface area contributed by atoms with Gasteiger partial charge in [0.1, 0.15) is 5.60 Å². The molecule has 0 saturated heterocycles. The van der Waals surface area contributed by atoms with E-state index in [0.717, 1.165) is 18.4 Å². The van der Waals surface area contributed by atoms with E-state index in [2.05, 4.69) is 5.32 Å². The molecule has 0 aliphatic rings. The number of hydrogen-bond donors (Lipinski definition) is 2. The number of aliphatic carboxylic acids is 1. The molecule has 0 saturated carbocycles. The smallest absolute Gasteiger partial charge is 0.407 e. The van der Waals surface area contributed by atoms with Gasteiger partial charge in [0.15, 0.2) is 0 Å². The van der Waals surface area contributed by atoms with E-state index in [1.807, 2.05) is 51.1 Å². The first-order valence-electron chi connectivity index (χ1n) is 8.01. The average Bonchev–Trinajstić information content (AvgIpc) is 2.42. The van der Waals surface area contributed by atoms with Crippen LogP contribution in [0.15, 0.2) is 30.3 Å². The summed E-state index contributed by atoms with van der Waals surface area (Å²) in [5, 5.41) is 11.6. The predicted octanol–water partition coefficient (Wildman–Crippen LogP) is 3.77. The van der Waals surface area contributed by atoms with Crippen LogP contribution in [-0.4, -0.2) is 28.8 Å². The van der Waals surface area contributed by atoms with Gasteiger partial charge in [0, 0.05) is 12.5 Å². The van der Waals surface area contributed by atoms with Gasteiger partial charge in [-0.2, -0.15) is 0 Å². The Morgan fingerprint density at radius 2 is 1.83 bits per heavy atom. The van der Waals surface area contributed by atoms with Crippen LogP contribution in [0.5, 0.6) is 0 Å². The van der Waals surface area contributed by atoms with E-state index >= 15 is 0 Å². The third-order valence-corrected chi connectivity index (χ3v) is 3.24. The van der Waals surface area contributed by atoms with Crippen molar-refractivity contribution in [2.24, 2.45) is 0 Å². The van der Waals surface area contributed by atoms with Crippen molar-refractivity contribution in [3.8, 4) is 0 Å². The second-order valence-corrected chi connectivity index (χ2v) is 6.67. The topological polar surface area (TPSA) is 75.6 Å². The molecule has 1 rings (SSSR count). The molecule has 128 valence electrons. The van der Waals surface area contributed by atoms with Gasteiger partial charge in [0.05, 0.1) is 0 Å². The molecule has 0 fully saturated rings. The molecule has 1 atom stereocenters. The standard InChI is InChI=1S/C18H27NO4/c1-18(2,3)23-17(22)19-15(11-7-8-12-16(20)21)13-14-9-5-4-6-10-14/h4-6,9-10,15H,7-8,11-13H2,1-3H3,(H,19,22)(H,20,21). The van der Waals surface area contributed by atoms with E-state index in [4.69, 9.17) is 9.84 Å². The number of benzene rings is 1. The van der Waals surface area contributed by atoms with Crippen molar-refractivity contribution in [2.75, 3.05) is 0 Å². The van der Waals surface area contributed by atoms with Crippen molar-refractivity contribution in [3.05, 3.63) is 35.9 Å². The van der Waals surface area contributed by atoms with Gasteiger partial charge in [-0.1, -0.05) is 36.8 Å². The molecule has 5 nitrogen and oxygen atoms in total. The first kappa shape index (κ1) is 19.0. The highest BCUT2D eigenvalue weighted by Gasteiger charge is 2.19. The van der Waals surface area contributed by atoms with Crippen molar-refractivity contribution < 1.29 is 19.4 Å². The molecule has 1 unspecified atom stereocenters. The zero-order valence-corrected chi connectivity index (χ0v) is 14.2. The third-order valence-electron chi connectivity index (χ3n) is 3.24. The lowest BCUT2D eigenvalue weighted by atomic mass is 10.0. The molecule has 2 N–H and O–H groups in total. The van der Waals surface area contributed by atoms with Gasteiger partial charge in [-0.3, -0.25) is 4.79 Å². The number of ether oxygens (including phenoxy) is 1. The molecule has 0 bridgehead atoms. The third kappa shape index (κ3) is 9.55. The molecule has 0 heterocycles. The number of carbonyl (C=O) groups excluding carboxylic acids is 1. The van der Waals surface area contributed by atoms with Crippen molar-refractivity contribution in [1.29, 1.82) is 0 Å². The predicted molar refractivity (Wildman–Crippen MR) is 89.4 cm³/mol. The molecular formula is C18H27NO4. The molecule has 0 radical (unpaired) electrons. The lowest BCUT2D eigenvalue weighted by Crippen LogP contribution is -2.40. The monoisotopic (exact) mass is 321 g/mol. The minimum atomic E-state index is -0.787. The van der Waals surface area contributed by atoms with Crippen LogP contribution in [0.3, 0.4) is 0 Å². The zero-order valence-electron chi connectivity index (χ0n) is 14.2. The maximum Gasteiger partial charge on any atom is 0.407 e. The SMILES string of the molecule is CC(C)(C)OC(=O)NC(CCCCC(=O)O)Cc1ccccc1. The number of alkyl carbamates (subject to hydrolysis) is 1. The van der Waals surface area contributed by atoms with Gasteiger partial charge in [0.2, 0.25) is 0 Å².